The lowest BCUT2D eigenvalue weighted by molar-refractivity contribution is 0.0538. The van der Waals surface area contributed by atoms with Crippen LogP contribution >= 0.6 is 11.6 Å². The minimum atomic E-state index is -0.0123. The van der Waals surface area contributed by atoms with Crippen molar-refractivity contribution in [3.8, 4) is 5.75 Å². The predicted molar refractivity (Wildman–Crippen MR) is 68.5 cm³/mol. The zero-order valence-corrected chi connectivity index (χ0v) is 10.9. The van der Waals surface area contributed by atoms with Gasteiger partial charge in [0.05, 0.1) is 6.61 Å². The largest absolute Gasteiger partial charge is 0.490 e. The Morgan fingerprint density at radius 1 is 1.59 bits per heavy atom. The van der Waals surface area contributed by atoms with Gasteiger partial charge in [0.2, 0.25) is 0 Å². The Morgan fingerprint density at radius 3 is 3.06 bits per heavy atom. The molecule has 0 aromatic heterocycles. The second-order valence-corrected chi connectivity index (χ2v) is 5.05. The second-order valence-electron chi connectivity index (χ2n) is 4.61. The normalized spacial score (nSPS) is 24.9. The van der Waals surface area contributed by atoms with Crippen LogP contribution in [-0.4, -0.2) is 19.8 Å². The highest BCUT2D eigenvalue weighted by molar-refractivity contribution is 6.30. The van der Waals surface area contributed by atoms with Crippen molar-refractivity contribution in [3.05, 3.63) is 28.8 Å². The van der Waals surface area contributed by atoms with Crippen molar-refractivity contribution in [1.82, 2.24) is 0 Å². The van der Waals surface area contributed by atoms with Gasteiger partial charge in [-0.1, -0.05) is 18.5 Å². The van der Waals surface area contributed by atoms with E-state index in [9.17, 15) is 0 Å². The summed E-state index contributed by atoms with van der Waals surface area (Å²) in [7, 11) is 1.70. The van der Waals surface area contributed by atoms with Crippen molar-refractivity contribution in [2.75, 3.05) is 13.7 Å². The maximum absolute atomic E-state index is 6.16. The van der Waals surface area contributed by atoms with Gasteiger partial charge >= 0.3 is 0 Å². The molecule has 0 radical (unpaired) electrons. The van der Waals surface area contributed by atoms with Gasteiger partial charge in [-0.15, -0.1) is 0 Å². The predicted octanol–water partition coefficient (Wildman–Crippen LogP) is 2.77. The smallest absolute Gasteiger partial charge is 0.124 e. The van der Waals surface area contributed by atoms with Crippen LogP contribution in [-0.2, 0) is 4.74 Å². The summed E-state index contributed by atoms with van der Waals surface area (Å²) in [4.78, 5) is 0. The number of nitrogens with two attached hydrogens (primary N) is 1. The topological polar surface area (TPSA) is 44.5 Å². The zero-order chi connectivity index (χ0) is 12.4. The van der Waals surface area contributed by atoms with Crippen LogP contribution in [0.1, 0.15) is 24.9 Å². The van der Waals surface area contributed by atoms with Gasteiger partial charge in [0, 0.05) is 36.1 Å². The van der Waals surface area contributed by atoms with Gasteiger partial charge in [-0.25, -0.2) is 0 Å². The molecule has 2 unspecified atom stereocenters. The van der Waals surface area contributed by atoms with Crippen molar-refractivity contribution in [2.45, 2.75) is 25.5 Å². The van der Waals surface area contributed by atoms with Gasteiger partial charge in [0.25, 0.3) is 0 Å². The van der Waals surface area contributed by atoms with Crippen LogP contribution in [0.3, 0.4) is 0 Å². The summed E-state index contributed by atoms with van der Waals surface area (Å²) in [5, 5.41) is 0.700. The Bertz CT molecular complexity index is 397. The fraction of sp³-hybridized carbons (Fsp3) is 0.538. The number of hydrogen-bond acceptors (Lipinski definition) is 3. The molecule has 1 aliphatic rings. The molecule has 17 heavy (non-hydrogen) atoms. The summed E-state index contributed by atoms with van der Waals surface area (Å²) in [6, 6.07) is 5.60. The lowest BCUT2D eigenvalue weighted by Gasteiger charge is -2.33. The van der Waals surface area contributed by atoms with Gasteiger partial charge < -0.3 is 15.2 Å². The SMILES string of the molecule is COCC(C)C1C[C@H](N)c2cc(Cl)ccc2O1. The van der Waals surface area contributed by atoms with Crippen LogP contribution in [0, 0.1) is 5.92 Å². The summed E-state index contributed by atoms with van der Waals surface area (Å²) in [6.45, 7) is 2.79. The van der Waals surface area contributed by atoms with Crippen LogP contribution in [0.5, 0.6) is 5.75 Å². The number of hydrogen-bond donors (Lipinski definition) is 1. The summed E-state index contributed by atoms with van der Waals surface area (Å²) >= 11 is 5.96. The highest BCUT2D eigenvalue weighted by atomic mass is 35.5. The Kier molecular flexibility index (Phi) is 3.92. The molecule has 0 fully saturated rings. The number of fused-ring (bicyclic) bond motifs is 1. The number of methoxy groups -OCH3 is 1. The van der Waals surface area contributed by atoms with Crippen LogP contribution in [0.25, 0.3) is 0 Å². The maximum Gasteiger partial charge on any atom is 0.124 e. The average molecular weight is 256 g/mol. The summed E-state index contributed by atoms with van der Waals surface area (Å²) in [5.41, 5.74) is 7.16. The molecule has 1 aromatic rings. The zero-order valence-electron chi connectivity index (χ0n) is 10.2. The molecule has 4 heteroatoms. The van der Waals surface area contributed by atoms with Gasteiger partial charge in [-0.05, 0) is 18.2 Å². The number of ether oxygens (including phenoxy) is 2. The molecule has 0 bridgehead atoms. The van der Waals surface area contributed by atoms with Gasteiger partial charge in [-0.2, -0.15) is 0 Å². The fourth-order valence-electron chi connectivity index (χ4n) is 2.22. The number of benzene rings is 1. The molecule has 1 aromatic carbocycles. The van der Waals surface area contributed by atoms with Crippen molar-refractivity contribution in [2.24, 2.45) is 11.7 Å². The Labute approximate surface area is 107 Å². The molecule has 0 saturated carbocycles. The molecule has 1 heterocycles. The van der Waals surface area contributed by atoms with E-state index >= 15 is 0 Å². The Morgan fingerprint density at radius 2 is 2.35 bits per heavy atom. The average Bonchev–Trinajstić information content (AvgIpc) is 2.30. The highest BCUT2D eigenvalue weighted by Gasteiger charge is 2.29. The van der Waals surface area contributed by atoms with Crippen molar-refractivity contribution in [3.63, 3.8) is 0 Å². The molecule has 3 nitrogen and oxygen atoms in total. The van der Waals surface area contributed by atoms with Crippen molar-refractivity contribution < 1.29 is 9.47 Å². The first-order valence-corrected chi connectivity index (χ1v) is 6.20. The lowest BCUT2D eigenvalue weighted by atomic mass is 9.91. The molecule has 0 spiro atoms. The van der Waals surface area contributed by atoms with Crippen LogP contribution in [0.15, 0.2) is 18.2 Å². The minimum Gasteiger partial charge on any atom is -0.490 e. The van der Waals surface area contributed by atoms with Crippen LogP contribution in [0.2, 0.25) is 5.02 Å². The standard InChI is InChI=1S/C13H18ClNO2/c1-8(7-16-2)13-6-11(15)10-5-9(14)3-4-12(10)17-13/h3-5,8,11,13H,6-7,15H2,1-2H3/t8?,11-,13?/m0/s1. The molecule has 0 saturated heterocycles. The Balaban J connectivity index is 2.18. The highest BCUT2D eigenvalue weighted by Crippen LogP contribution is 2.37. The number of rotatable bonds is 3. The van der Waals surface area contributed by atoms with Crippen LogP contribution < -0.4 is 10.5 Å². The molecular formula is C13H18ClNO2. The molecule has 2 N–H and O–H groups in total. The van der Waals surface area contributed by atoms with E-state index in [-0.39, 0.29) is 12.1 Å². The van der Waals surface area contributed by atoms with Gasteiger partial charge in [0.1, 0.15) is 11.9 Å². The summed E-state index contributed by atoms with van der Waals surface area (Å²) in [5.74, 6) is 1.18. The third kappa shape index (κ3) is 2.73. The van der Waals surface area contributed by atoms with E-state index < -0.39 is 0 Å². The maximum atomic E-state index is 6.16. The van der Waals surface area contributed by atoms with Crippen molar-refractivity contribution >= 4 is 11.6 Å². The van der Waals surface area contributed by atoms with E-state index in [1.54, 1.807) is 7.11 Å². The van der Waals surface area contributed by atoms with Crippen molar-refractivity contribution in [1.29, 1.82) is 0 Å². The van der Waals surface area contributed by atoms with Gasteiger partial charge in [0.15, 0.2) is 0 Å². The summed E-state index contributed by atoms with van der Waals surface area (Å²) in [6.07, 6.45) is 0.913. The summed E-state index contributed by atoms with van der Waals surface area (Å²) < 4.78 is 11.1. The molecule has 3 atom stereocenters. The third-order valence-corrected chi connectivity index (χ3v) is 3.44. The second kappa shape index (κ2) is 5.25. The first kappa shape index (κ1) is 12.7. The molecule has 0 amide bonds. The van der Waals surface area contributed by atoms with E-state index in [1.807, 2.05) is 18.2 Å². The van der Waals surface area contributed by atoms with E-state index in [1.165, 1.54) is 0 Å². The van der Waals surface area contributed by atoms with Gasteiger partial charge in [-0.3, -0.25) is 0 Å². The monoisotopic (exact) mass is 255 g/mol. The van der Waals surface area contributed by atoms with E-state index in [0.717, 1.165) is 17.7 Å². The first-order chi connectivity index (χ1) is 8.11. The van der Waals surface area contributed by atoms with Crippen LogP contribution in [0.4, 0.5) is 0 Å². The third-order valence-electron chi connectivity index (χ3n) is 3.20. The van der Waals surface area contributed by atoms with E-state index in [0.29, 0.717) is 17.5 Å². The molecular weight excluding hydrogens is 238 g/mol. The number of halogens is 1. The lowest BCUT2D eigenvalue weighted by Crippen LogP contribution is -2.35. The molecule has 2 rings (SSSR count). The quantitative estimate of drug-likeness (QED) is 0.903. The molecule has 0 aliphatic carbocycles. The minimum absolute atomic E-state index is 0.0123. The molecule has 94 valence electrons. The van der Waals surface area contributed by atoms with E-state index in [2.05, 4.69) is 6.92 Å². The Hall–Kier alpha value is -0.770. The first-order valence-electron chi connectivity index (χ1n) is 5.82. The van der Waals surface area contributed by atoms with E-state index in [4.69, 9.17) is 26.8 Å². The molecule has 1 aliphatic heterocycles. The fourth-order valence-corrected chi connectivity index (χ4v) is 2.40.